The highest BCUT2D eigenvalue weighted by Gasteiger charge is 2.15. The summed E-state index contributed by atoms with van der Waals surface area (Å²) in [6.07, 6.45) is 1.16. The molecular weight excluding hydrogens is 348 g/mol. The van der Waals surface area contributed by atoms with Gasteiger partial charge >= 0.3 is 11.4 Å². The average Bonchev–Trinajstić information content (AvgIpc) is 2.60. The standard InChI is InChI=1S/C15H12N4O7/c20-13-7-10(5-6-11(13)18(22)23)8-16-17-15(21)9-26-14-4-2-1-3-12(14)19(24)25/h1-8,20H,9H2,(H,17,21). The third-order valence-electron chi connectivity index (χ3n) is 3.02. The first kappa shape index (κ1) is 18.3. The van der Waals surface area contributed by atoms with Gasteiger partial charge in [0.05, 0.1) is 16.1 Å². The number of carbonyl (C=O) groups is 1. The van der Waals surface area contributed by atoms with Crippen LogP contribution in [0.2, 0.25) is 0 Å². The Balaban J connectivity index is 1.91. The number of phenolic OH excluding ortho intramolecular Hbond substituents is 1. The number of carbonyl (C=O) groups excluding carboxylic acids is 1. The normalized spacial score (nSPS) is 10.5. The van der Waals surface area contributed by atoms with Crippen molar-refractivity contribution in [1.82, 2.24) is 5.43 Å². The van der Waals surface area contributed by atoms with E-state index in [4.69, 9.17) is 4.74 Å². The number of ether oxygens (including phenoxy) is 1. The zero-order chi connectivity index (χ0) is 19.1. The minimum absolute atomic E-state index is 0.0584. The molecule has 0 aliphatic heterocycles. The van der Waals surface area contributed by atoms with Gasteiger partial charge in [0.2, 0.25) is 0 Å². The van der Waals surface area contributed by atoms with Gasteiger partial charge in [-0.2, -0.15) is 5.10 Å². The molecule has 0 radical (unpaired) electrons. The molecule has 11 nitrogen and oxygen atoms in total. The summed E-state index contributed by atoms with van der Waals surface area (Å²) in [5.74, 6) is -1.27. The van der Waals surface area contributed by atoms with Gasteiger partial charge in [-0.1, -0.05) is 12.1 Å². The fourth-order valence-electron chi connectivity index (χ4n) is 1.86. The molecule has 2 aromatic rings. The lowest BCUT2D eigenvalue weighted by molar-refractivity contribution is -0.386. The fourth-order valence-corrected chi connectivity index (χ4v) is 1.86. The maximum Gasteiger partial charge on any atom is 0.310 e. The lowest BCUT2D eigenvalue weighted by Gasteiger charge is -2.05. The number of nitro groups is 2. The molecule has 0 unspecified atom stereocenters. The van der Waals surface area contributed by atoms with E-state index < -0.39 is 33.8 Å². The number of hydrogen-bond donors (Lipinski definition) is 2. The number of phenols is 1. The van der Waals surface area contributed by atoms with Crippen LogP contribution in [0, 0.1) is 20.2 Å². The maximum atomic E-state index is 11.6. The third kappa shape index (κ3) is 4.74. The first-order valence-corrected chi connectivity index (χ1v) is 7.04. The first-order valence-electron chi connectivity index (χ1n) is 7.04. The van der Waals surface area contributed by atoms with E-state index in [1.807, 2.05) is 0 Å². The Morgan fingerprint density at radius 3 is 2.50 bits per heavy atom. The van der Waals surface area contributed by atoms with E-state index in [-0.39, 0.29) is 11.4 Å². The van der Waals surface area contributed by atoms with Gasteiger partial charge in [-0.05, 0) is 23.8 Å². The smallest absolute Gasteiger partial charge is 0.310 e. The second-order valence-corrected chi connectivity index (χ2v) is 4.81. The highest BCUT2D eigenvalue weighted by molar-refractivity contribution is 5.84. The van der Waals surface area contributed by atoms with Gasteiger partial charge in [0.1, 0.15) is 0 Å². The minimum Gasteiger partial charge on any atom is -0.502 e. The molecule has 0 spiro atoms. The van der Waals surface area contributed by atoms with Crippen molar-refractivity contribution in [3.05, 3.63) is 68.3 Å². The van der Waals surface area contributed by atoms with Gasteiger partial charge in [-0.3, -0.25) is 25.0 Å². The van der Waals surface area contributed by atoms with Crippen LogP contribution in [0.25, 0.3) is 0 Å². The van der Waals surface area contributed by atoms with Crippen LogP contribution in [0.15, 0.2) is 47.6 Å². The Kier molecular flexibility index (Phi) is 5.77. The van der Waals surface area contributed by atoms with Crippen LogP contribution >= 0.6 is 0 Å². The van der Waals surface area contributed by atoms with Crippen LogP contribution in [0.3, 0.4) is 0 Å². The van der Waals surface area contributed by atoms with Crippen LogP contribution in [0.5, 0.6) is 11.5 Å². The Morgan fingerprint density at radius 2 is 1.85 bits per heavy atom. The summed E-state index contributed by atoms with van der Waals surface area (Å²) in [4.78, 5) is 31.7. The van der Waals surface area contributed by atoms with Crippen molar-refractivity contribution in [3.8, 4) is 11.5 Å². The van der Waals surface area contributed by atoms with Gasteiger partial charge in [0.25, 0.3) is 5.91 Å². The predicted molar refractivity (Wildman–Crippen MR) is 89.1 cm³/mol. The molecule has 0 saturated heterocycles. The number of nitro benzene ring substituents is 2. The topological polar surface area (TPSA) is 157 Å². The maximum absolute atomic E-state index is 11.6. The van der Waals surface area contributed by atoms with Crippen molar-refractivity contribution < 1.29 is 24.5 Å². The molecule has 0 fully saturated rings. The Labute approximate surface area is 145 Å². The number of hydrogen-bond acceptors (Lipinski definition) is 8. The van der Waals surface area contributed by atoms with Gasteiger partial charge < -0.3 is 9.84 Å². The summed E-state index contributed by atoms with van der Waals surface area (Å²) in [6, 6.07) is 9.13. The van der Waals surface area contributed by atoms with Crippen molar-refractivity contribution in [1.29, 1.82) is 0 Å². The van der Waals surface area contributed by atoms with Crippen molar-refractivity contribution in [3.63, 3.8) is 0 Å². The largest absolute Gasteiger partial charge is 0.502 e. The number of para-hydroxylation sites is 2. The molecule has 0 heterocycles. The average molecular weight is 360 g/mol. The summed E-state index contributed by atoms with van der Waals surface area (Å²) in [5, 5.41) is 34.5. The van der Waals surface area contributed by atoms with E-state index in [0.717, 1.165) is 18.3 Å². The number of nitrogens with one attached hydrogen (secondary N) is 1. The molecular formula is C15H12N4O7. The number of hydrazone groups is 1. The van der Waals surface area contributed by atoms with Gasteiger partial charge in [-0.15, -0.1) is 0 Å². The third-order valence-corrected chi connectivity index (χ3v) is 3.02. The number of benzene rings is 2. The second-order valence-electron chi connectivity index (χ2n) is 4.81. The van der Waals surface area contributed by atoms with E-state index in [1.165, 1.54) is 30.3 Å². The molecule has 0 aromatic heterocycles. The van der Waals surface area contributed by atoms with E-state index in [0.29, 0.717) is 5.56 Å². The summed E-state index contributed by atoms with van der Waals surface area (Å²) in [5.41, 5.74) is 1.71. The molecule has 26 heavy (non-hydrogen) atoms. The molecule has 134 valence electrons. The van der Waals surface area contributed by atoms with E-state index in [1.54, 1.807) is 0 Å². The van der Waals surface area contributed by atoms with Gasteiger partial charge in [0, 0.05) is 12.1 Å². The highest BCUT2D eigenvalue weighted by atomic mass is 16.6. The molecule has 0 atom stereocenters. The van der Waals surface area contributed by atoms with Gasteiger partial charge in [-0.25, -0.2) is 5.43 Å². The summed E-state index contributed by atoms with van der Waals surface area (Å²) >= 11 is 0. The van der Waals surface area contributed by atoms with Crippen LogP contribution < -0.4 is 10.2 Å². The SMILES string of the molecule is O=C(COc1ccccc1[N+](=O)[O-])NN=Cc1ccc([N+](=O)[O-])c(O)c1. The minimum atomic E-state index is -0.738. The van der Waals surface area contributed by atoms with Crippen LogP contribution in [0.4, 0.5) is 11.4 Å². The summed E-state index contributed by atoms with van der Waals surface area (Å²) in [7, 11) is 0. The molecule has 2 aromatic carbocycles. The monoisotopic (exact) mass is 360 g/mol. The molecule has 0 saturated carbocycles. The van der Waals surface area contributed by atoms with Crippen LogP contribution in [-0.2, 0) is 4.79 Å². The molecule has 0 aliphatic rings. The number of aromatic hydroxyl groups is 1. The number of amides is 1. The number of nitrogens with zero attached hydrogens (tertiary/aromatic N) is 3. The predicted octanol–water partition coefficient (Wildman–Crippen LogP) is 1.74. The lowest BCUT2D eigenvalue weighted by Crippen LogP contribution is -2.24. The fraction of sp³-hybridized carbons (Fsp3) is 0.0667. The van der Waals surface area contributed by atoms with E-state index in [2.05, 4.69) is 10.5 Å². The van der Waals surface area contributed by atoms with Gasteiger partial charge in [0.15, 0.2) is 18.1 Å². The first-order chi connectivity index (χ1) is 12.4. The second kappa shape index (κ2) is 8.19. The molecule has 2 N–H and O–H groups in total. The zero-order valence-electron chi connectivity index (χ0n) is 13.1. The Bertz CT molecular complexity index is 882. The van der Waals surface area contributed by atoms with E-state index >= 15 is 0 Å². The lowest BCUT2D eigenvalue weighted by atomic mass is 10.2. The Hall–Kier alpha value is -4.02. The molecule has 0 bridgehead atoms. The van der Waals surface area contributed by atoms with E-state index in [9.17, 15) is 30.1 Å². The van der Waals surface area contributed by atoms with Crippen LogP contribution in [0.1, 0.15) is 5.56 Å². The highest BCUT2D eigenvalue weighted by Crippen LogP contribution is 2.26. The van der Waals surface area contributed by atoms with Crippen molar-refractivity contribution in [2.24, 2.45) is 5.10 Å². The van der Waals surface area contributed by atoms with Crippen molar-refractivity contribution >= 4 is 23.5 Å². The Morgan fingerprint density at radius 1 is 1.15 bits per heavy atom. The quantitative estimate of drug-likeness (QED) is 0.432. The molecule has 11 heteroatoms. The summed E-state index contributed by atoms with van der Waals surface area (Å²) < 4.78 is 5.08. The molecule has 1 amide bonds. The molecule has 0 aliphatic carbocycles. The van der Waals surface area contributed by atoms with Crippen molar-refractivity contribution in [2.45, 2.75) is 0 Å². The van der Waals surface area contributed by atoms with Crippen LogP contribution in [-0.4, -0.2) is 33.7 Å². The number of rotatable bonds is 7. The van der Waals surface area contributed by atoms with Crippen molar-refractivity contribution in [2.75, 3.05) is 6.61 Å². The summed E-state index contributed by atoms with van der Waals surface area (Å²) in [6.45, 7) is -0.506. The molecule has 2 rings (SSSR count). The zero-order valence-corrected chi connectivity index (χ0v) is 13.1.